The minimum absolute atomic E-state index is 0.219. The molecule has 6 nitrogen and oxygen atoms in total. The maximum atomic E-state index is 13.2. The lowest BCUT2D eigenvalue weighted by atomic mass is 10.2. The lowest BCUT2D eigenvalue weighted by Gasteiger charge is -1.99. The molecule has 3 rings (SSSR count). The normalized spacial score (nSPS) is 11.2. The van der Waals surface area contributed by atoms with Crippen molar-refractivity contribution in [2.75, 3.05) is 0 Å². The van der Waals surface area contributed by atoms with E-state index in [0.29, 0.717) is 16.3 Å². The van der Waals surface area contributed by atoms with Gasteiger partial charge in [0.25, 0.3) is 5.56 Å². The number of aromatic nitrogens is 3. The Bertz CT molecular complexity index is 866. The molecule has 0 aliphatic carbocycles. The third-order valence-corrected chi connectivity index (χ3v) is 2.86. The predicted molar refractivity (Wildman–Crippen MR) is 65.5 cm³/mol. The summed E-state index contributed by atoms with van der Waals surface area (Å²) >= 11 is 0. The van der Waals surface area contributed by atoms with Crippen LogP contribution in [-0.2, 0) is 11.3 Å². The summed E-state index contributed by atoms with van der Waals surface area (Å²) in [6, 6.07) is 4.10. The summed E-state index contributed by atoms with van der Waals surface area (Å²) in [7, 11) is 0. The molecule has 0 atom stereocenters. The van der Waals surface area contributed by atoms with E-state index in [1.54, 1.807) is 0 Å². The fourth-order valence-electron chi connectivity index (χ4n) is 2.04. The smallest absolute Gasteiger partial charge is 0.325 e. The number of hydrogen-bond acceptors (Lipinski definition) is 3. The van der Waals surface area contributed by atoms with Crippen molar-refractivity contribution < 1.29 is 14.3 Å². The molecular weight excluding hydrogens is 253 g/mol. The number of nitrogens with one attached hydrogen (secondary N) is 1. The first-order chi connectivity index (χ1) is 9.06. The molecule has 0 radical (unpaired) electrons. The number of rotatable bonds is 2. The van der Waals surface area contributed by atoms with Crippen LogP contribution in [-0.4, -0.2) is 25.8 Å². The third-order valence-electron chi connectivity index (χ3n) is 2.86. The van der Waals surface area contributed by atoms with Crippen molar-refractivity contribution in [3.8, 4) is 0 Å². The third kappa shape index (κ3) is 1.75. The Morgan fingerprint density at radius 2 is 2.21 bits per heavy atom. The lowest BCUT2D eigenvalue weighted by molar-refractivity contribution is -0.137. The summed E-state index contributed by atoms with van der Waals surface area (Å²) in [6.07, 6.45) is 1.36. The highest BCUT2D eigenvalue weighted by molar-refractivity contribution is 6.06. The van der Waals surface area contributed by atoms with E-state index in [4.69, 9.17) is 5.11 Å². The van der Waals surface area contributed by atoms with E-state index in [1.165, 1.54) is 24.4 Å². The quantitative estimate of drug-likeness (QED) is 0.723. The Balaban J connectivity index is 2.35. The van der Waals surface area contributed by atoms with Crippen LogP contribution in [0.15, 0.2) is 29.2 Å². The fraction of sp³-hybridized carbons (Fsp3) is 0.0833. The van der Waals surface area contributed by atoms with Gasteiger partial charge in [0, 0.05) is 16.3 Å². The second-order valence-corrected chi connectivity index (χ2v) is 4.10. The molecule has 2 aromatic heterocycles. The van der Waals surface area contributed by atoms with Crippen LogP contribution in [0.4, 0.5) is 4.39 Å². The average molecular weight is 261 g/mol. The standard InChI is InChI=1S/C12H8FN3O3/c13-6-1-2-9-7(3-6)8-4-14-16(5-10(17)18)12(19)11(8)15-9/h1-4,15H,5H2,(H,17,18). The van der Waals surface area contributed by atoms with E-state index < -0.39 is 23.9 Å². The molecule has 0 saturated heterocycles. The van der Waals surface area contributed by atoms with Crippen molar-refractivity contribution in [3.63, 3.8) is 0 Å². The highest BCUT2D eigenvalue weighted by atomic mass is 19.1. The van der Waals surface area contributed by atoms with Crippen LogP contribution in [0.5, 0.6) is 0 Å². The Morgan fingerprint density at radius 1 is 1.42 bits per heavy atom. The topological polar surface area (TPSA) is 88.0 Å². The Kier molecular flexibility index (Phi) is 2.34. The summed E-state index contributed by atoms with van der Waals surface area (Å²) in [5.74, 6) is -1.57. The molecule has 2 N–H and O–H groups in total. The second kappa shape index (κ2) is 3.91. The van der Waals surface area contributed by atoms with Crippen LogP contribution in [0.25, 0.3) is 21.8 Å². The van der Waals surface area contributed by atoms with Gasteiger partial charge in [0.15, 0.2) is 0 Å². The number of nitrogens with zero attached hydrogens (tertiary/aromatic N) is 2. The molecule has 2 heterocycles. The Morgan fingerprint density at radius 3 is 2.95 bits per heavy atom. The predicted octanol–water partition coefficient (Wildman–Crippen LogP) is 1.10. The number of aliphatic carboxylic acids is 1. The van der Waals surface area contributed by atoms with Crippen LogP contribution in [0.3, 0.4) is 0 Å². The van der Waals surface area contributed by atoms with Gasteiger partial charge in [0.2, 0.25) is 0 Å². The molecule has 0 fully saturated rings. The largest absolute Gasteiger partial charge is 0.480 e. The van der Waals surface area contributed by atoms with Crippen molar-refractivity contribution in [2.24, 2.45) is 0 Å². The first-order valence-corrected chi connectivity index (χ1v) is 5.45. The molecular formula is C12H8FN3O3. The highest BCUT2D eigenvalue weighted by Gasteiger charge is 2.12. The van der Waals surface area contributed by atoms with Gasteiger partial charge in [-0.05, 0) is 18.2 Å². The van der Waals surface area contributed by atoms with Gasteiger partial charge in [-0.3, -0.25) is 9.59 Å². The number of benzene rings is 1. The first kappa shape index (κ1) is 11.4. The van der Waals surface area contributed by atoms with Gasteiger partial charge >= 0.3 is 5.97 Å². The molecule has 0 spiro atoms. The van der Waals surface area contributed by atoms with Crippen LogP contribution in [0.2, 0.25) is 0 Å². The van der Waals surface area contributed by atoms with Crippen LogP contribution < -0.4 is 5.56 Å². The van der Waals surface area contributed by atoms with Crippen LogP contribution >= 0.6 is 0 Å². The van der Waals surface area contributed by atoms with Gasteiger partial charge in [0.05, 0.1) is 6.20 Å². The summed E-state index contributed by atoms with van der Waals surface area (Å²) in [5.41, 5.74) is 0.275. The van der Waals surface area contributed by atoms with Crippen molar-refractivity contribution >= 4 is 27.8 Å². The zero-order valence-corrected chi connectivity index (χ0v) is 9.55. The number of hydrogen-bond donors (Lipinski definition) is 2. The van der Waals surface area contributed by atoms with E-state index in [9.17, 15) is 14.0 Å². The molecule has 0 aliphatic heterocycles. The summed E-state index contributed by atoms with van der Waals surface area (Å²) < 4.78 is 14.0. The van der Waals surface area contributed by atoms with E-state index in [2.05, 4.69) is 10.1 Å². The maximum absolute atomic E-state index is 13.2. The molecule has 3 aromatic rings. The first-order valence-electron chi connectivity index (χ1n) is 5.45. The minimum Gasteiger partial charge on any atom is -0.480 e. The maximum Gasteiger partial charge on any atom is 0.325 e. The van der Waals surface area contributed by atoms with Crippen molar-refractivity contribution in [3.05, 3.63) is 40.6 Å². The molecule has 0 saturated carbocycles. The SMILES string of the molecule is O=C(O)Cn1ncc2c([nH]c3ccc(F)cc32)c1=O. The summed E-state index contributed by atoms with van der Waals surface area (Å²) in [4.78, 5) is 25.5. The number of carboxylic acids is 1. The van der Waals surface area contributed by atoms with Gasteiger partial charge in [0.1, 0.15) is 17.9 Å². The molecule has 7 heteroatoms. The Labute approximate surface area is 105 Å². The molecule has 1 aromatic carbocycles. The number of halogens is 1. The van der Waals surface area contributed by atoms with Gasteiger partial charge in [-0.15, -0.1) is 0 Å². The molecule has 0 amide bonds. The monoisotopic (exact) mass is 261 g/mol. The van der Waals surface area contributed by atoms with E-state index in [0.717, 1.165) is 4.68 Å². The minimum atomic E-state index is -1.16. The number of carbonyl (C=O) groups is 1. The van der Waals surface area contributed by atoms with Gasteiger partial charge in [-0.25, -0.2) is 9.07 Å². The van der Waals surface area contributed by atoms with Crippen molar-refractivity contribution in [1.82, 2.24) is 14.8 Å². The summed E-state index contributed by atoms with van der Waals surface area (Å²) in [6.45, 7) is -0.515. The zero-order chi connectivity index (χ0) is 13.6. The number of aromatic amines is 1. The van der Waals surface area contributed by atoms with E-state index in [1.807, 2.05) is 0 Å². The number of carboxylic acid groups (broad SMARTS) is 1. The van der Waals surface area contributed by atoms with Crippen LogP contribution in [0.1, 0.15) is 0 Å². The second-order valence-electron chi connectivity index (χ2n) is 4.10. The average Bonchev–Trinajstić information content (AvgIpc) is 2.71. The molecule has 0 unspecified atom stereocenters. The molecule has 0 aliphatic rings. The number of H-pyrrole nitrogens is 1. The molecule has 19 heavy (non-hydrogen) atoms. The highest BCUT2D eigenvalue weighted by Crippen LogP contribution is 2.23. The molecule has 0 bridgehead atoms. The van der Waals surface area contributed by atoms with E-state index >= 15 is 0 Å². The van der Waals surface area contributed by atoms with Crippen LogP contribution in [0, 0.1) is 5.82 Å². The van der Waals surface area contributed by atoms with E-state index in [-0.39, 0.29) is 5.52 Å². The lowest BCUT2D eigenvalue weighted by Crippen LogP contribution is -2.26. The summed E-state index contributed by atoms with van der Waals surface area (Å²) in [5, 5.41) is 13.5. The molecule has 96 valence electrons. The van der Waals surface area contributed by atoms with Gasteiger partial charge < -0.3 is 10.1 Å². The number of fused-ring (bicyclic) bond motifs is 3. The zero-order valence-electron chi connectivity index (χ0n) is 9.55. The van der Waals surface area contributed by atoms with Crippen molar-refractivity contribution in [1.29, 1.82) is 0 Å². The van der Waals surface area contributed by atoms with Gasteiger partial charge in [-0.2, -0.15) is 5.10 Å². The Hall–Kier alpha value is -2.70. The van der Waals surface area contributed by atoms with Gasteiger partial charge in [-0.1, -0.05) is 0 Å². The fourth-order valence-corrected chi connectivity index (χ4v) is 2.04. The van der Waals surface area contributed by atoms with Crippen molar-refractivity contribution in [2.45, 2.75) is 6.54 Å².